The zero-order valence-electron chi connectivity index (χ0n) is 20.3. The lowest BCUT2D eigenvalue weighted by Gasteiger charge is -2.33. The Morgan fingerprint density at radius 3 is 2.80 bits per heavy atom. The van der Waals surface area contributed by atoms with Gasteiger partial charge in [0.15, 0.2) is 11.5 Å². The van der Waals surface area contributed by atoms with Crippen LogP contribution in [0.2, 0.25) is 5.02 Å². The number of benzene rings is 2. The van der Waals surface area contributed by atoms with E-state index < -0.39 is 0 Å². The standard InChI is InChI=1S/C25H30ClIN4O4/c1-5-7-20(25(3,27)12-28-4)35-19-11-15(32-6-2)10-17-21(19)24(30-13-29-17)31-22-16(26)8-9-18-23(22)34-14-33-18/h8-11,13,20,28H,5-7,12,14H2,1-4H3,(H,29,30,31). The van der Waals surface area contributed by atoms with Crippen LogP contribution in [-0.2, 0) is 0 Å². The van der Waals surface area contributed by atoms with Gasteiger partial charge in [-0.2, -0.15) is 0 Å². The molecule has 188 valence electrons. The van der Waals surface area contributed by atoms with Crippen LogP contribution >= 0.6 is 34.2 Å². The molecule has 0 bridgehead atoms. The van der Waals surface area contributed by atoms with Gasteiger partial charge in [0, 0.05) is 18.7 Å². The van der Waals surface area contributed by atoms with E-state index in [1.165, 1.54) is 6.33 Å². The van der Waals surface area contributed by atoms with Crippen molar-refractivity contribution in [1.82, 2.24) is 15.3 Å². The summed E-state index contributed by atoms with van der Waals surface area (Å²) < 4.78 is 23.6. The molecule has 1 aliphatic rings. The third-order valence-electron chi connectivity index (χ3n) is 5.73. The lowest BCUT2D eigenvalue weighted by molar-refractivity contribution is 0.158. The van der Waals surface area contributed by atoms with Crippen LogP contribution in [0.1, 0.15) is 33.6 Å². The van der Waals surface area contributed by atoms with E-state index in [1.54, 1.807) is 12.1 Å². The highest BCUT2D eigenvalue weighted by Gasteiger charge is 2.33. The van der Waals surface area contributed by atoms with Crippen molar-refractivity contribution in [2.45, 2.75) is 43.1 Å². The Hall–Kier alpha value is -2.24. The van der Waals surface area contributed by atoms with E-state index >= 15 is 0 Å². The zero-order valence-corrected chi connectivity index (χ0v) is 23.2. The third kappa shape index (κ3) is 5.62. The molecule has 10 heteroatoms. The number of rotatable bonds is 11. The van der Waals surface area contributed by atoms with Gasteiger partial charge >= 0.3 is 0 Å². The van der Waals surface area contributed by atoms with Crippen LogP contribution in [0, 0.1) is 0 Å². The lowest BCUT2D eigenvalue weighted by Crippen LogP contribution is -2.44. The molecule has 1 aromatic heterocycles. The summed E-state index contributed by atoms with van der Waals surface area (Å²) in [7, 11) is 1.95. The molecule has 0 amide bonds. The summed E-state index contributed by atoms with van der Waals surface area (Å²) in [5.74, 6) is 3.07. The fourth-order valence-corrected chi connectivity index (χ4v) is 5.12. The molecule has 2 unspecified atom stereocenters. The monoisotopic (exact) mass is 612 g/mol. The van der Waals surface area contributed by atoms with Crippen LogP contribution in [0.15, 0.2) is 30.6 Å². The second kappa shape index (κ2) is 11.2. The first kappa shape index (κ1) is 25.8. The molecule has 0 spiro atoms. The van der Waals surface area contributed by atoms with E-state index in [0.29, 0.717) is 51.6 Å². The van der Waals surface area contributed by atoms with Gasteiger partial charge in [-0.25, -0.2) is 9.97 Å². The number of alkyl halides is 1. The SMILES string of the molecule is CCCC(Oc1cc(OCC)cc2ncnc(Nc3c(Cl)ccc4c3OCO4)c12)C(C)(I)CNC. The molecule has 0 saturated carbocycles. The summed E-state index contributed by atoms with van der Waals surface area (Å²) >= 11 is 9.01. The number of anilines is 2. The van der Waals surface area contributed by atoms with Gasteiger partial charge in [-0.15, -0.1) is 0 Å². The maximum atomic E-state index is 6.74. The van der Waals surface area contributed by atoms with E-state index in [0.717, 1.165) is 24.8 Å². The summed E-state index contributed by atoms with van der Waals surface area (Å²) in [6, 6.07) is 7.35. The molecule has 2 heterocycles. The van der Waals surface area contributed by atoms with E-state index in [1.807, 2.05) is 26.1 Å². The minimum Gasteiger partial charge on any atom is -0.494 e. The predicted octanol–water partition coefficient (Wildman–Crippen LogP) is 6.11. The number of halogens is 2. The largest absolute Gasteiger partial charge is 0.494 e. The number of fused-ring (bicyclic) bond motifs is 2. The number of ether oxygens (including phenoxy) is 4. The number of hydrogen-bond donors (Lipinski definition) is 2. The van der Waals surface area contributed by atoms with Crippen LogP contribution < -0.4 is 29.6 Å². The summed E-state index contributed by atoms with van der Waals surface area (Å²) in [5, 5.41) is 7.87. The van der Waals surface area contributed by atoms with Crippen molar-refractivity contribution in [3.05, 3.63) is 35.6 Å². The number of nitrogens with one attached hydrogen (secondary N) is 2. The molecule has 0 aliphatic carbocycles. The van der Waals surface area contributed by atoms with E-state index in [9.17, 15) is 0 Å². The Morgan fingerprint density at radius 2 is 2.06 bits per heavy atom. The summed E-state index contributed by atoms with van der Waals surface area (Å²) in [4.78, 5) is 9.06. The summed E-state index contributed by atoms with van der Waals surface area (Å²) in [6.45, 7) is 7.77. The van der Waals surface area contributed by atoms with E-state index in [4.69, 9.17) is 30.5 Å². The molecular formula is C25H30ClIN4O4. The van der Waals surface area contributed by atoms with E-state index in [-0.39, 0.29) is 16.3 Å². The van der Waals surface area contributed by atoms with Gasteiger partial charge in [0.25, 0.3) is 0 Å². The first-order valence-corrected chi connectivity index (χ1v) is 13.1. The topological polar surface area (TPSA) is 86.8 Å². The molecule has 2 atom stereocenters. The quantitative estimate of drug-likeness (QED) is 0.198. The molecule has 35 heavy (non-hydrogen) atoms. The highest BCUT2D eigenvalue weighted by atomic mass is 127. The van der Waals surface area contributed by atoms with Gasteiger partial charge in [-0.3, -0.25) is 0 Å². The Labute approximate surface area is 224 Å². The third-order valence-corrected chi connectivity index (χ3v) is 7.12. The van der Waals surface area contributed by atoms with Crippen molar-refractivity contribution >= 4 is 56.6 Å². The van der Waals surface area contributed by atoms with Crippen molar-refractivity contribution in [3.8, 4) is 23.0 Å². The molecule has 8 nitrogen and oxygen atoms in total. The second-order valence-corrected chi connectivity index (χ2v) is 11.3. The molecule has 4 rings (SSSR count). The van der Waals surface area contributed by atoms with Gasteiger partial charge in [-0.05, 0) is 39.4 Å². The lowest BCUT2D eigenvalue weighted by atomic mass is 10.00. The molecular weight excluding hydrogens is 583 g/mol. The summed E-state index contributed by atoms with van der Waals surface area (Å²) in [5.41, 5.74) is 1.28. The normalized spacial score (nSPS) is 15.0. The first-order chi connectivity index (χ1) is 16.9. The maximum Gasteiger partial charge on any atom is 0.231 e. The van der Waals surface area contributed by atoms with Gasteiger partial charge in [0.05, 0.1) is 26.0 Å². The highest BCUT2D eigenvalue weighted by Crippen LogP contribution is 2.46. The van der Waals surface area contributed by atoms with Crippen LogP contribution in [0.4, 0.5) is 11.5 Å². The molecule has 2 aromatic carbocycles. The van der Waals surface area contributed by atoms with Gasteiger partial charge < -0.3 is 29.6 Å². The van der Waals surface area contributed by atoms with Crippen molar-refractivity contribution in [3.63, 3.8) is 0 Å². The molecule has 3 aromatic rings. The van der Waals surface area contributed by atoms with Crippen LogP contribution in [-0.4, -0.2) is 46.5 Å². The van der Waals surface area contributed by atoms with E-state index in [2.05, 4.69) is 57.0 Å². The Balaban J connectivity index is 1.83. The number of aromatic nitrogens is 2. The minimum absolute atomic E-state index is 0.0602. The van der Waals surface area contributed by atoms with Gasteiger partial charge in [0.2, 0.25) is 6.79 Å². The Morgan fingerprint density at radius 1 is 1.23 bits per heavy atom. The fourth-order valence-electron chi connectivity index (χ4n) is 4.11. The average Bonchev–Trinajstić information content (AvgIpc) is 3.30. The second-order valence-electron chi connectivity index (χ2n) is 8.46. The van der Waals surface area contributed by atoms with Crippen molar-refractivity contribution < 1.29 is 18.9 Å². The molecule has 0 fully saturated rings. The molecule has 2 N–H and O–H groups in total. The smallest absolute Gasteiger partial charge is 0.231 e. The molecule has 1 aliphatic heterocycles. The predicted molar refractivity (Wildman–Crippen MR) is 147 cm³/mol. The average molecular weight is 613 g/mol. The molecule has 0 saturated heterocycles. The molecule has 0 radical (unpaired) electrons. The van der Waals surface area contributed by atoms with Crippen molar-refractivity contribution in [2.24, 2.45) is 0 Å². The Bertz CT molecular complexity index is 1190. The number of hydrogen-bond acceptors (Lipinski definition) is 8. The van der Waals surface area contributed by atoms with Crippen molar-refractivity contribution in [2.75, 3.05) is 32.3 Å². The van der Waals surface area contributed by atoms with Crippen LogP contribution in [0.3, 0.4) is 0 Å². The Kier molecular flexibility index (Phi) is 8.28. The zero-order chi connectivity index (χ0) is 25.0. The summed E-state index contributed by atoms with van der Waals surface area (Å²) in [6.07, 6.45) is 3.32. The number of nitrogens with zero attached hydrogens (tertiary/aromatic N) is 2. The maximum absolute atomic E-state index is 6.74. The van der Waals surface area contributed by atoms with Crippen LogP contribution in [0.5, 0.6) is 23.0 Å². The first-order valence-electron chi connectivity index (χ1n) is 11.6. The fraction of sp³-hybridized carbons (Fsp3) is 0.440. The van der Waals surface area contributed by atoms with Crippen molar-refractivity contribution in [1.29, 1.82) is 0 Å². The highest BCUT2D eigenvalue weighted by molar-refractivity contribution is 14.1. The van der Waals surface area contributed by atoms with Crippen LogP contribution in [0.25, 0.3) is 10.9 Å². The minimum atomic E-state index is -0.144. The van der Waals surface area contributed by atoms with Gasteiger partial charge in [0.1, 0.15) is 35.4 Å². The van der Waals surface area contributed by atoms with Gasteiger partial charge in [-0.1, -0.05) is 47.5 Å².